The van der Waals surface area contributed by atoms with Crippen molar-refractivity contribution < 1.29 is 4.79 Å². The minimum Gasteiger partial charge on any atom is -0.370 e. The second-order valence-electron chi connectivity index (χ2n) is 7.65. The largest absolute Gasteiger partial charge is 0.370 e. The van der Waals surface area contributed by atoms with Gasteiger partial charge in [-0.15, -0.1) is 0 Å². The zero-order chi connectivity index (χ0) is 20.4. The predicted molar refractivity (Wildman–Crippen MR) is 110 cm³/mol. The monoisotopic (exact) mass is 397 g/mol. The van der Waals surface area contributed by atoms with E-state index >= 15 is 0 Å². The van der Waals surface area contributed by atoms with Crippen molar-refractivity contribution in [2.75, 3.05) is 42.9 Å². The van der Waals surface area contributed by atoms with Crippen molar-refractivity contribution in [3.05, 3.63) is 40.2 Å². The summed E-state index contributed by atoms with van der Waals surface area (Å²) in [6, 6.07) is 3.49. The van der Waals surface area contributed by atoms with Crippen molar-refractivity contribution in [3.8, 4) is 0 Å². The summed E-state index contributed by atoms with van der Waals surface area (Å²) in [6.07, 6.45) is 3.70. The van der Waals surface area contributed by atoms with E-state index in [1.165, 1.54) is 10.9 Å². The van der Waals surface area contributed by atoms with Gasteiger partial charge in [0, 0.05) is 56.5 Å². The number of hydrogen-bond acceptors (Lipinski definition) is 7. The van der Waals surface area contributed by atoms with Gasteiger partial charge in [-0.1, -0.05) is 0 Å². The highest BCUT2D eigenvalue weighted by Crippen LogP contribution is 2.38. The minimum absolute atomic E-state index is 0.0301. The number of rotatable bonds is 6. The fourth-order valence-corrected chi connectivity index (χ4v) is 3.53. The van der Waals surface area contributed by atoms with E-state index in [4.69, 9.17) is 0 Å². The molecule has 3 heterocycles. The number of nitrogens with one attached hydrogen (secondary N) is 1. The first kappa shape index (κ1) is 19.4. The van der Waals surface area contributed by atoms with Crippen LogP contribution in [0.25, 0.3) is 0 Å². The Labute approximate surface area is 169 Å². The maximum absolute atomic E-state index is 12.7. The molecule has 9 nitrogen and oxygen atoms in total. The molecule has 0 bridgehead atoms. The van der Waals surface area contributed by atoms with Gasteiger partial charge in [0.2, 0.25) is 11.9 Å². The lowest BCUT2D eigenvalue weighted by Crippen LogP contribution is -2.50. The number of carbonyl (C=O) groups excluding carboxylic acids is 1. The van der Waals surface area contributed by atoms with Crippen LogP contribution in [0, 0.1) is 6.92 Å². The molecule has 0 aromatic carbocycles. The number of hydrogen-bond donors (Lipinski definition) is 1. The first-order chi connectivity index (χ1) is 14.0. The number of amides is 1. The molecular formula is C20H27N7O2. The smallest absolute Gasteiger partial charge is 0.254 e. The van der Waals surface area contributed by atoms with E-state index in [0.29, 0.717) is 38.0 Å². The molecular weight excluding hydrogens is 370 g/mol. The van der Waals surface area contributed by atoms with Gasteiger partial charge >= 0.3 is 0 Å². The molecule has 29 heavy (non-hydrogen) atoms. The Morgan fingerprint density at radius 2 is 1.93 bits per heavy atom. The Morgan fingerprint density at radius 1 is 1.17 bits per heavy atom. The quantitative estimate of drug-likeness (QED) is 0.777. The topological polar surface area (TPSA) is 96.3 Å². The van der Waals surface area contributed by atoms with Gasteiger partial charge in [0.05, 0.1) is 12.0 Å². The second-order valence-corrected chi connectivity index (χ2v) is 7.65. The second kappa shape index (κ2) is 8.18. The molecule has 1 saturated heterocycles. The van der Waals surface area contributed by atoms with Crippen molar-refractivity contribution >= 4 is 17.7 Å². The Balaban J connectivity index is 1.36. The SMILES string of the molecule is CCNc1cc(C)nc(N2CCN(C(=O)Cn3cnc(C4CC4)cc3=O)CC2)n1. The van der Waals surface area contributed by atoms with E-state index in [0.717, 1.165) is 36.6 Å². The van der Waals surface area contributed by atoms with Crippen LogP contribution in [0.2, 0.25) is 0 Å². The molecule has 1 amide bonds. The van der Waals surface area contributed by atoms with Crippen molar-refractivity contribution in [1.82, 2.24) is 24.4 Å². The van der Waals surface area contributed by atoms with Gasteiger partial charge in [0.25, 0.3) is 5.56 Å². The number of aromatic nitrogens is 4. The van der Waals surface area contributed by atoms with E-state index in [-0.39, 0.29) is 18.0 Å². The lowest BCUT2D eigenvalue weighted by atomic mass is 10.3. The lowest BCUT2D eigenvalue weighted by Gasteiger charge is -2.35. The molecule has 0 radical (unpaired) electrons. The van der Waals surface area contributed by atoms with Gasteiger partial charge in [0.1, 0.15) is 12.4 Å². The number of nitrogens with zero attached hydrogens (tertiary/aromatic N) is 6. The Hall–Kier alpha value is -2.97. The summed E-state index contributed by atoms with van der Waals surface area (Å²) in [7, 11) is 0. The summed E-state index contributed by atoms with van der Waals surface area (Å²) in [5, 5.41) is 3.22. The van der Waals surface area contributed by atoms with Gasteiger partial charge in [-0.05, 0) is 26.7 Å². The predicted octanol–water partition coefficient (Wildman–Crippen LogP) is 1.000. The van der Waals surface area contributed by atoms with E-state index in [2.05, 4.69) is 25.2 Å². The molecule has 2 aliphatic rings. The van der Waals surface area contributed by atoms with Crippen LogP contribution in [0.1, 0.15) is 37.1 Å². The summed E-state index contributed by atoms with van der Waals surface area (Å²) in [4.78, 5) is 42.3. The van der Waals surface area contributed by atoms with E-state index in [9.17, 15) is 9.59 Å². The molecule has 1 aliphatic heterocycles. The first-order valence-electron chi connectivity index (χ1n) is 10.2. The zero-order valence-electron chi connectivity index (χ0n) is 17.0. The molecule has 1 N–H and O–H groups in total. The van der Waals surface area contributed by atoms with Crippen molar-refractivity contribution in [3.63, 3.8) is 0 Å². The summed E-state index contributed by atoms with van der Waals surface area (Å²) < 4.78 is 1.40. The van der Waals surface area contributed by atoms with Crippen LogP contribution in [0.4, 0.5) is 11.8 Å². The van der Waals surface area contributed by atoms with Crippen LogP contribution in [0.5, 0.6) is 0 Å². The molecule has 154 valence electrons. The fraction of sp³-hybridized carbons (Fsp3) is 0.550. The Bertz CT molecular complexity index is 946. The average molecular weight is 397 g/mol. The van der Waals surface area contributed by atoms with Crippen LogP contribution in [-0.2, 0) is 11.3 Å². The van der Waals surface area contributed by atoms with Crippen LogP contribution in [-0.4, -0.2) is 63.0 Å². The van der Waals surface area contributed by atoms with E-state index < -0.39 is 0 Å². The Morgan fingerprint density at radius 3 is 2.59 bits per heavy atom. The molecule has 2 aromatic heterocycles. The van der Waals surface area contributed by atoms with Crippen molar-refractivity contribution in [1.29, 1.82) is 0 Å². The number of piperazine rings is 1. The molecule has 0 unspecified atom stereocenters. The third-order valence-corrected chi connectivity index (χ3v) is 5.32. The van der Waals surface area contributed by atoms with E-state index in [1.807, 2.05) is 19.9 Å². The molecule has 9 heteroatoms. The number of aryl methyl sites for hydroxylation is 1. The maximum Gasteiger partial charge on any atom is 0.254 e. The van der Waals surface area contributed by atoms with Gasteiger partial charge < -0.3 is 15.1 Å². The third kappa shape index (κ3) is 4.55. The Kier molecular flexibility index (Phi) is 5.46. The van der Waals surface area contributed by atoms with Gasteiger partial charge in [-0.25, -0.2) is 9.97 Å². The normalized spacial score (nSPS) is 16.8. The number of anilines is 2. The van der Waals surface area contributed by atoms with E-state index in [1.54, 1.807) is 11.0 Å². The summed E-state index contributed by atoms with van der Waals surface area (Å²) >= 11 is 0. The molecule has 4 rings (SSSR count). The fourth-order valence-electron chi connectivity index (χ4n) is 3.53. The molecule has 0 spiro atoms. The standard InChI is InChI=1S/C20H27N7O2/c1-3-21-17-10-14(2)23-20(24-17)26-8-6-25(7-9-26)19(29)12-27-13-22-16(11-18(27)28)15-4-5-15/h10-11,13,15H,3-9,12H2,1-2H3,(H,21,23,24). The van der Waals surface area contributed by atoms with Crippen molar-refractivity contribution in [2.45, 2.75) is 39.2 Å². The van der Waals surface area contributed by atoms with Gasteiger partial charge in [-0.2, -0.15) is 4.98 Å². The molecule has 2 fully saturated rings. The summed E-state index contributed by atoms with van der Waals surface area (Å²) in [5.41, 5.74) is 1.60. The highest BCUT2D eigenvalue weighted by Gasteiger charge is 2.26. The summed E-state index contributed by atoms with van der Waals surface area (Å²) in [6.45, 7) is 7.29. The third-order valence-electron chi connectivity index (χ3n) is 5.32. The molecule has 1 saturated carbocycles. The summed E-state index contributed by atoms with van der Waals surface area (Å²) in [5.74, 6) is 1.86. The maximum atomic E-state index is 12.7. The average Bonchev–Trinajstić information content (AvgIpc) is 3.55. The number of carbonyl (C=O) groups is 1. The lowest BCUT2D eigenvalue weighted by molar-refractivity contribution is -0.132. The van der Waals surface area contributed by atoms with Crippen LogP contribution in [0.3, 0.4) is 0 Å². The van der Waals surface area contributed by atoms with Gasteiger partial charge in [-0.3, -0.25) is 14.2 Å². The molecule has 1 aliphatic carbocycles. The first-order valence-corrected chi connectivity index (χ1v) is 10.2. The van der Waals surface area contributed by atoms with Gasteiger partial charge in [0.15, 0.2) is 0 Å². The minimum atomic E-state index is -0.155. The highest BCUT2D eigenvalue weighted by atomic mass is 16.2. The van der Waals surface area contributed by atoms with Crippen LogP contribution >= 0.6 is 0 Å². The van der Waals surface area contributed by atoms with Crippen LogP contribution < -0.4 is 15.8 Å². The van der Waals surface area contributed by atoms with Crippen molar-refractivity contribution in [2.24, 2.45) is 0 Å². The highest BCUT2D eigenvalue weighted by molar-refractivity contribution is 5.76. The molecule has 2 aromatic rings. The van der Waals surface area contributed by atoms with Crippen LogP contribution in [0.15, 0.2) is 23.3 Å². The zero-order valence-corrected chi connectivity index (χ0v) is 17.0. The molecule has 0 atom stereocenters.